The Hall–Kier alpha value is -3.56. The van der Waals surface area contributed by atoms with Crippen molar-refractivity contribution in [3.05, 3.63) is 94.5 Å². The van der Waals surface area contributed by atoms with Crippen molar-refractivity contribution in [2.75, 3.05) is 11.9 Å². The summed E-state index contributed by atoms with van der Waals surface area (Å²) in [5.74, 6) is -0.844. The molecule has 2 N–H and O–H groups in total. The molecule has 0 aliphatic carbocycles. The van der Waals surface area contributed by atoms with Gasteiger partial charge in [0.2, 0.25) is 0 Å². The Morgan fingerprint density at radius 2 is 1.50 bits per heavy atom. The lowest BCUT2D eigenvalue weighted by atomic mass is 10.0. The molecule has 0 heterocycles. The van der Waals surface area contributed by atoms with Gasteiger partial charge in [0.15, 0.2) is 11.0 Å². The summed E-state index contributed by atoms with van der Waals surface area (Å²) in [6.45, 7) is -0.518. The molecular formula is C21H18N2O6S. The molecule has 1 unspecified atom stereocenters. The van der Waals surface area contributed by atoms with E-state index in [-0.39, 0.29) is 16.9 Å². The predicted molar refractivity (Wildman–Crippen MR) is 113 cm³/mol. The van der Waals surface area contributed by atoms with Crippen LogP contribution < -0.4 is 5.32 Å². The Labute approximate surface area is 173 Å². The highest BCUT2D eigenvalue weighted by molar-refractivity contribution is 7.86. The van der Waals surface area contributed by atoms with E-state index >= 15 is 0 Å². The van der Waals surface area contributed by atoms with Gasteiger partial charge in [-0.3, -0.25) is 19.5 Å². The zero-order chi connectivity index (χ0) is 21.7. The Morgan fingerprint density at radius 3 is 2.10 bits per heavy atom. The van der Waals surface area contributed by atoms with Gasteiger partial charge in [-0.15, -0.1) is 0 Å². The maximum atomic E-state index is 12.6. The Balaban J connectivity index is 1.83. The van der Waals surface area contributed by atoms with Crippen LogP contribution in [0.5, 0.6) is 0 Å². The first kappa shape index (κ1) is 21.2. The third kappa shape index (κ3) is 4.88. The van der Waals surface area contributed by atoms with Gasteiger partial charge in [0, 0.05) is 6.07 Å². The van der Waals surface area contributed by atoms with E-state index in [2.05, 4.69) is 5.32 Å². The fourth-order valence-electron chi connectivity index (χ4n) is 3.06. The molecule has 0 radical (unpaired) electrons. The smallest absolute Gasteiger partial charge is 0.292 e. The molecule has 3 aromatic carbocycles. The van der Waals surface area contributed by atoms with Crippen molar-refractivity contribution in [2.45, 2.75) is 5.25 Å². The largest absolute Gasteiger partial charge is 0.372 e. The van der Waals surface area contributed by atoms with Crippen molar-refractivity contribution < 1.29 is 22.7 Å². The number of para-hydroxylation sites is 2. The summed E-state index contributed by atoms with van der Waals surface area (Å²) in [6, 6.07) is 21.3. The van der Waals surface area contributed by atoms with Crippen molar-refractivity contribution in [2.24, 2.45) is 0 Å². The monoisotopic (exact) mass is 426 g/mol. The average molecular weight is 426 g/mol. The number of nitro groups is 1. The van der Waals surface area contributed by atoms with Crippen LogP contribution in [0.25, 0.3) is 11.1 Å². The van der Waals surface area contributed by atoms with Gasteiger partial charge in [0.25, 0.3) is 15.8 Å². The van der Waals surface area contributed by atoms with Gasteiger partial charge in [0.05, 0.1) is 11.5 Å². The predicted octanol–water partition coefficient (Wildman–Crippen LogP) is 3.87. The van der Waals surface area contributed by atoms with Gasteiger partial charge >= 0.3 is 0 Å². The quantitative estimate of drug-likeness (QED) is 0.318. The minimum atomic E-state index is -4.75. The van der Waals surface area contributed by atoms with Gasteiger partial charge in [-0.25, -0.2) is 0 Å². The molecule has 0 amide bonds. The number of hydrogen-bond acceptors (Lipinski definition) is 6. The number of nitro benzene ring substituents is 1. The van der Waals surface area contributed by atoms with Crippen LogP contribution in [0.15, 0.2) is 78.9 Å². The summed E-state index contributed by atoms with van der Waals surface area (Å²) in [5, 5.41) is 11.9. The number of Topliss-reactive ketones (excluding diaryl/α,β-unsaturated/α-hetero) is 1. The molecule has 30 heavy (non-hydrogen) atoms. The zero-order valence-electron chi connectivity index (χ0n) is 15.6. The number of rotatable bonds is 8. The molecule has 9 heteroatoms. The SMILES string of the molecule is O=C(CNc1ccccc1[N+](=O)[O-])C(c1ccc(-c2ccccc2)cc1)S(=O)(=O)O. The van der Waals surface area contributed by atoms with E-state index < -0.39 is 32.6 Å². The van der Waals surface area contributed by atoms with E-state index in [9.17, 15) is 27.9 Å². The molecule has 0 spiro atoms. The van der Waals surface area contributed by atoms with E-state index in [0.29, 0.717) is 0 Å². The Morgan fingerprint density at radius 1 is 0.933 bits per heavy atom. The molecular weight excluding hydrogens is 408 g/mol. The number of anilines is 1. The number of nitrogens with one attached hydrogen (secondary N) is 1. The van der Waals surface area contributed by atoms with Crippen LogP contribution in [0.2, 0.25) is 0 Å². The molecule has 3 rings (SSSR count). The lowest BCUT2D eigenvalue weighted by molar-refractivity contribution is -0.383. The van der Waals surface area contributed by atoms with Crippen molar-refractivity contribution in [3.63, 3.8) is 0 Å². The maximum Gasteiger partial charge on any atom is 0.292 e. The number of ketones is 1. The normalized spacial score (nSPS) is 12.2. The second-order valence-corrected chi connectivity index (χ2v) is 7.98. The van der Waals surface area contributed by atoms with Crippen LogP contribution in [-0.2, 0) is 14.9 Å². The van der Waals surface area contributed by atoms with E-state index in [1.807, 2.05) is 30.3 Å². The second kappa shape index (κ2) is 8.85. The first-order valence-corrected chi connectivity index (χ1v) is 10.4. The molecule has 3 aromatic rings. The van der Waals surface area contributed by atoms with Crippen LogP contribution in [-0.4, -0.2) is 30.2 Å². The van der Waals surface area contributed by atoms with E-state index in [1.54, 1.807) is 18.2 Å². The van der Waals surface area contributed by atoms with Crippen LogP contribution in [0.3, 0.4) is 0 Å². The lowest BCUT2D eigenvalue weighted by Crippen LogP contribution is -2.27. The van der Waals surface area contributed by atoms with Gasteiger partial charge in [0.1, 0.15) is 5.69 Å². The van der Waals surface area contributed by atoms with Gasteiger partial charge < -0.3 is 5.32 Å². The summed E-state index contributed by atoms with van der Waals surface area (Å²) in [4.78, 5) is 23.1. The molecule has 154 valence electrons. The number of carbonyl (C=O) groups is 1. The third-order valence-electron chi connectivity index (χ3n) is 4.46. The van der Waals surface area contributed by atoms with Crippen LogP contribution in [0.4, 0.5) is 11.4 Å². The second-order valence-electron chi connectivity index (χ2n) is 6.48. The molecule has 0 aliphatic rings. The number of carbonyl (C=O) groups excluding carboxylic acids is 1. The highest BCUT2D eigenvalue weighted by atomic mass is 32.2. The Kier molecular flexibility index (Phi) is 6.24. The van der Waals surface area contributed by atoms with Gasteiger partial charge in [-0.05, 0) is 22.8 Å². The van der Waals surface area contributed by atoms with Crippen molar-refractivity contribution >= 4 is 27.3 Å². The van der Waals surface area contributed by atoms with Crippen molar-refractivity contribution in [1.29, 1.82) is 0 Å². The zero-order valence-corrected chi connectivity index (χ0v) is 16.5. The Bertz CT molecular complexity index is 1160. The molecule has 0 fully saturated rings. The summed E-state index contributed by atoms with van der Waals surface area (Å²) in [5.41, 5.74) is 1.66. The standard InChI is InChI=1S/C21H18N2O6S/c24-20(14-22-18-8-4-5-9-19(18)23(25)26)21(30(27,28)29)17-12-10-16(11-13-17)15-6-2-1-3-7-15/h1-13,21-22H,14H2,(H,27,28,29). The molecule has 0 saturated carbocycles. The summed E-state index contributed by atoms with van der Waals surface area (Å²) in [6.07, 6.45) is 0. The number of benzene rings is 3. The van der Waals surface area contributed by atoms with E-state index in [4.69, 9.17) is 0 Å². The third-order valence-corrected chi connectivity index (χ3v) is 5.60. The van der Waals surface area contributed by atoms with Crippen LogP contribution in [0.1, 0.15) is 10.8 Å². The number of nitrogens with zero attached hydrogens (tertiary/aromatic N) is 1. The van der Waals surface area contributed by atoms with E-state index in [1.165, 1.54) is 30.3 Å². The van der Waals surface area contributed by atoms with Crippen molar-refractivity contribution in [3.8, 4) is 11.1 Å². The fraction of sp³-hybridized carbons (Fsp3) is 0.0952. The fourth-order valence-corrected chi connectivity index (χ4v) is 3.98. The van der Waals surface area contributed by atoms with Gasteiger partial charge in [-0.1, -0.05) is 66.7 Å². The summed E-state index contributed by atoms with van der Waals surface area (Å²) >= 11 is 0. The molecule has 8 nitrogen and oxygen atoms in total. The summed E-state index contributed by atoms with van der Waals surface area (Å²) in [7, 11) is -4.75. The topological polar surface area (TPSA) is 127 Å². The van der Waals surface area contributed by atoms with E-state index in [0.717, 1.165) is 11.1 Å². The molecule has 0 aromatic heterocycles. The first-order valence-electron chi connectivity index (χ1n) is 8.89. The summed E-state index contributed by atoms with van der Waals surface area (Å²) < 4.78 is 33.5. The minimum absolute atomic E-state index is 0.0735. The average Bonchev–Trinajstić information content (AvgIpc) is 2.72. The highest BCUT2D eigenvalue weighted by Crippen LogP contribution is 2.28. The molecule has 1 atom stereocenters. The maximum absolute atomic E-state index is 12.6. The highest BCUT2D eigenvalue weighted by Gasteiger charge is 2.32. The molecule has 0 bridgehead atoms. The lowest BCUT2D eigenvalue weighted by Gasteiger charge is -2.15. The van der Waals surface area contributed by atoms with Gasteiger partial charge in [-0.2, -0.15) is 8.42 Å². The van der Waals surface area contributed by atoms with Crippen LogP contribution in [0, 0.1) is 10.1 Å². The molecule has 0 aliphatic heterocycles. The number of hydrogen-bond donors (Lipinski definition) is 2. The van der Waals surface area contributed by atoms with Crippen molar-refractivity contribution in [1.82, 2.24) is 0 Å². The minimum Gasteiger partial charge on any atom is -0.372 e. The first-order chi connectivity index (χ1) is 14.3. The van der Waals surface area contributed by atoms with Crippen LogP contribution >= 0.6 is 0 Å². The molecule has 0 saturated heterocycles.